The molecule has 0 saturated heterocycles. The molecule has 0 aliphatic heterocycles. The van der Waals surface area contributed by atoms with Crippen molar-refractivity contribution in [1.29, 1.82) is 0 Å². The molecule has 0 spiro atoms. The van der Waals surface area contributed by atoms with E-state index in [1.807, 2.05) is 12.4 Å². The van der Waals surface area contributed by atoms with Crippen molar-refractivity contribution in [3.8, 4) is 11.1 Å². The fourth-order valence-corrected chi connectivity index (χ4v) is 1.60. The van der Waals surface area contributed by atoms with Gasteiger partial charge < -0.3 is 0 Å². The molecule has 1 N–H and O–H groups in total. The highest BCUT2D eigenvalue weighted by Crippen LogP contribution is 2.21. The number of benzene rings is 1. The smallest absolute Gasteiger partial charge is 0.0565 e. The molecule has 13 heavy (non-hydrogen) atoms. The molecule has 0 atom stereocenters. The van der Waals surface area contributed by atoms with Gasteiger partial charge in [-0.15, -0.1) is 11.8 Å². The molecule has 0 fully saturated rings. The summed E-state index contributed by atoms with van der Waals surface area (Å²) in [6.07, 6.45) is 5.80. The number of H-pyrrole nitrogens is 1. The Labute approximate surface area is 81.4 Å². The summed E-state index contributed by atoms with van der Waals surface area (Å²) in [5, 5.41) is 6.71. The van der Waals surface area contributed by atoms with Gasteiger partial charge in [0.2, 0.25) is 0 Å². The lowest BCUT2D eigenvalue weighted by Gasteiger charge is -1.98. The fraction of sp³-hybridized carbons (Fsp3) is 0.100. The molecule has 1 aromatic heterocycles. The lowest BCUT2D eigenvalue weighted by atomic mass is 10.1. The lowest BCUT2D eigenvalue weighted by Crippen LogP contribution is -1.73. The fourth-order valence-electron chi connectivity index (χ4n) is 1.19. The van der Waals surface area contributed by atoms with E-state index < -0.39 is 0 Å². The summed E-state index contributed by atoms with van der Waals surface area (Å²) in [6, 6.07) is 8.45. The molecule has 2 rings (SSSR count). The molecule has 3 heteroatoms. The van der Waals surface area contributed by atoms with Gasteiger partial charge in [0.25, 0.3) is 0 Å². The zero-order valence-corrected chi connectivity index (χ0v) is 8.14. The Bertz CT molecular complexity index is 364. The van der Waals surface area contributed by atoms with E-state index in [0.717, 1.165) is 5.56 Å². The molecule has 0 aliphatic rings. The third-order valence-electron chi connectivity index (χ3n) is 1.92. The van der Waals surface area contributed by atoms with E-state index in [4.69, 9.17) is 0 Å². The van der Waals surface area contributed by atoms with Crippen molar-refractivity contribution in [2.24, 2.45) is 0 Å². The van der Waals surface area contributed by atoms with Crippen molar-refractivity contribution in [3.05, 3.63) is 36.7 Å². The first-order chi connectivity index (χ1) is 6.40. The third-order valence-corrected chi connectivity index (χ3v) is 2.67. The molecular weight excluding hydrogens is 180 g/mol. The van der Waals surface area contributed by atoms with Gasteiger partial charge in [-0.3, -0.25) is 5.10 Å². The maximum absolute atomic E-state index is 3.91. The van der Waals surface area contributed by atoms with Crippen LogP contribution in [0, 0.1) is 0 Å². The highest BCUT2D eigenvalue weighted by Gasteiger charge is 1.97. The van der Waals surface area contributed by atoms with E-state index >= 15 is 0 Å². The van der Waals surface area contributed by atoms with Gasteiger partial charge in [-0.1, -0.05) is 12.1 Å². The molecule has 0 bridgehead atoms. The molecule has 1 heterocycles. The minimum Gasteiger partial charge on any atom is -0.285 e. The molecule has 0 unspecified atom stereocenters. The Balaban J connectivity index is 2.33. The first-order valence-corrected chi connectivity index (χ1v) is 5.26. The number of hydrogen-bond donors (Lipinski definition) is 1. The summed E-state index contributed by atoms with van der Waals surface area (Å²) >= 11 is 1.75. The minimum atomic E-state index is 1.13. The second kappa shape index (κ2) is 3.66. The van der Waals surface area contributed by atoms with Gasteiger partial charge in [-0.2, -0.15) is 5.10 Å². The van der Waals surface area contributed by atoms with Crippen LogP contribution in [0.3, 0.4) is 0 Å². The van der Waals surface area contributed by atoms with Gasteiger partial charge in [0.15, 0.2) is 0 Å². The maximum atomic E-state index is 3.91. The van der Waals surface area contributed by atoms with E-state index in [9.17, 15) is 0 Å². The van der Waals surface area contributed by atoms with Crippen LogP contribution in [0.25, 0.3) is 11.1 Å². The Morgan fingerprint density at radius 3 is 2.46 bits per heavy atom. The Hall–Kier alpha value is -1.22. The summed E-state index contributed by atoms with van der Waals surface area (Å²) in [5.74, 6) is 0. The molecule has 66 valence electrons. The summed E-state index contributed by atoms with van der Waals surface area (Å²) in [7, 11) is 0. The van der Waals surface area contributed by atoms with Crippen LogP contribution in [0.15, 0.2) is 41.6 Å². The molecule has 0 aliphatic carbocycles. The molecule has 0 radical (unpaired) electrons. The van der Waals surface area contributed by atoms with Gasteiger partial charge in [-0.25, -0.2) is 0 Å². The van der Waals surface area contributed by atoms with Gasteiger partial charge in [0.05, 0.1) is 6.20 Å². The highest BCUT2D eigenvalue weighted by atomic mass is 32.2. The summed E-state index contributed by atoms with van der Waals surface area (Å²) in [4.78, 5) is 1.28. The SMILES string of the molecule is CSc1ccc(-c2cn[nH]c2)cc1. The Morgan fingerprint density at radius 2 is 1.92 bits per heavy atom. The number of rotatable bonds is 2. The predicted octanol–water partition coefficient (Wildman–Crippen LogP) is 2.80. The first kappa shape index (κ1) is 8.38. The van der Waals surface area contributed by atoms with E-state index in [1.165, 1.54) is 10.5 Å². The standard InChI is InChI=1S/C10H10N2S/c1-13-10-4-2-8(3-5-10)9-6-11-12-7-9/h2-7H,1H3,(H,11,12). The maximum Gasteiger partial charge on any atom is 0.0565 e. The van der Waals surface area contributed by atoms with E-state index in [1.54, 1.807) is 11.8 Å². The van der Waals surface area contributed by atoms with Gasteiger partial charge >= 0.3 is 0 Å². The molecular formula is C10H10N2S. The largest absolute Gasteiger partial charge is 0.285 e. The van der Waals surface area contributed by atoms with Crippen molar-refractivity contribution >= 4 is 11.8 Å². The molecule has 0 amide bonds. The second-order valence-corrected chi connectivity index (χ2v) is 3.60. The summed E-state index contributed by atoms with van der Waals surface area (Å²) in [5.41, 5.74) is 2.33. The van der Waals surface area contributed by atoms with E-state index in [-0.39, 0.29) is 0 Å². The topological polar surface area (TPSA) is 28.7 Å². The van der Waals surface area contributed by atoms with Gasteiger partial charge in [0, 0.05) is 16.7 Å². The summed E-state index contributed by atoms with van der Waals surface area (Å²) in [6.45, 7) is 0. The third kappa shape index (κ3) is 1.75. The molecule has 1 aromatic carbocycles. The molecule has 2 nitrogen and oxygen atoms in total. The van der Waals surface area contributed by atoms with Crippen LogP contribution >= 0.6 is 11.8 Å². The van der Waals surface area contributed by atoms with Crippen LogP contribution in [0.1, 0.15) is 0 Å². The Kier molecular flexibility index (Phi) is 2.36. The number of aromatic amines is 1. The van der Waals surface area contributed by atoms with E-state index in [2.05, 4.69) is 40.7 Å². The van der Waals surface area contributed by atoms with Crippen molar-refractivity contribution in [1.82, 2.24) is 10.2 Å². The highest BCUT2D eigenvalue weighted by molar-refractivity contribution is 7.98. The van der Waals surface area contributed by atoms with Crippen LogP contribution in [0.2, 0.25) is 0 Å². The first-order valence-electron chi connectivity index (χ1n) is 4.03. The van der Waals surface area contributed by atoms with Crippen LogP contribution in [-0.2, 0) is 0 Å². The second-order valence-electron chi connectivity index (χ2n) is 2.72. The van der Waals surface area contributed by atoms with Gasteiger partial charge in [-0.05, 0) is 24.0 Å². The number of aromatic nitrogens is 2. The molecule has 2 aromatic rings. The van der Waals surface area contributed by atoms with Crippen molar-refractivity contribution in [3.63, 3.8) is 0 Å². The Morgan fingerprint density at radius 1 is 1.15 bits per heavy atom. The number of nitrogens with zero attached hydrogens (tertiary/aromatic N) is 1. The predicted molar refractivity (Wildman–Crippen MR) is 55.8 cm³/mol. The minimum absolute atomic E-state index is 1.13. The van der Waals surface area contributed by atoms with Crippen molar-refractivity contribution in [2.75, 3.05) is 6.26 Å². The monoisotopic (exact) mass is 190 g/mol. The van der Waals surface area contributed by atoms with Crippen LogP contribution in [-0.4, -0.2) is 16.5 Å². The molecule has 0 saturated carbocycles. The summed E-state index contributed by atoms with van der Waals surface area (Å²) < 4.78 is 0. The number of hydrogen-bond acceptors (Lipinski definition) is 2. The lowest BCUT2D eigenvalue weighted by molar-refractivity contribution is 1.09. The van der Waals surface area contributed by atoms with Crippen molar-refractivity contribution in [2.45, 2.75) is 4.90 Å². The van der Waals surface area contributed by atoms with Crippen LogP contribution in [0.5, 0.6) is 0 Å². The van der Waals surface area contributed by atoms with Crippen LogP contribution in [0.4, 0.5) is 0 Å². The zero-order chi connectivity index (χ0) is 9.10. The van der Waals surface area contributed by atoms with Crippen LogP contribution < -0.4 is 0 Å². The average Bonchev–Trinajstić information content (AvgIpc) is 2.71. The normalized spacial score (nSPS) is 10.2. The number of nitrogens with one attached hydrogen (secondary N) is 1. The van der Waals surface area contributed by atoms with Crippen molar-refractivity contribution < 1.29 is 0 Å². The number of thioether (sulfide) groups is 1. The average molecular weight is 190 g/mol. The van der Waals surface area contributed by atoms with E-state index in [0.29, 0.717) is 0 Å². The zero-order valence-electron chi connectivity index (χ0n) is 7.32. The quantitative estimate of drug-likeness (QED) is 0.738. The van der Waals surface area contributed by atoms with Gasteiger partial charge in [0.1, 0.15) is 0 Å².